The highest BCUT2D eigenvalue weighted by atomic mass is 32.1. The first-order chi connectivity index (χ1) is 14.4. The summed E-state index contributed by atoms with van der Waals surface area (Å²) in [4.78, 5) is 20.0. The molecule has 2 fully saturated rings. The lowest BCUT2D eigenvalue weighted by Crippen LogP contribution is -2.60. The van der Waals surface area contributed by atoms with Gasteiger partial charge >= 0.3 is 0 Å². The molecule has 0 unspecified atom stereocenters. The van der Waals surface area contributed by atoms with Crippen LogP contribution in [0.1, 0.15) is 58.7 Å². The number of hydrogen-bond acceptors (Lipinski definition) is 5. The monoisotopic (exact) mass is 416 g/mol. The Labute approximate surface area is 179 Å². The predicted octanol–water partition coefficient (Wildman–Crippen LogP) is 4.16. The summed E-state index contributed by atoms with van der Waals surface area (Å²) in [5.41, 5.74) is 5.91. The average molecular weight is 417 g/mol. The normalized spacial score (nSPS) is 21.2. The van der Waals surface area contributed by atoms with E-state index in [0.717, 1.165) is 58.8 Å². The van der Waals surface area contributed by atoms with Crippen LogP contribution in [0.2, 0.25) is 0 Å². The molecule has 30 heavy (non-hydrogen) atoms. The van der Waals surface area contributed by atoms with Crippen molar-refractivity contribution in [2.45, 2.75) is 32.1 Å². The number of aromatic nitrogens is 1. The molecule has 0 bridgehead atoms. The third-order valence-corrected chi connectivity index (χ3v) is 8.49. The van der Waals surface area contributed by atoms with Crippen LogP contribution in [0.4, 0.5) is 5.69 Å². The second-order valence-electron chi connectivity index (χ2n) is 9.63. The third kappa shape index (κ3) is 2.33. The summed E-state index contributed by atoms with van der Waals surface area (Å²) in [5, 5.41) is 12.7. The van der Waals surface area contributed by atoms with Crippen molar-refractivity contribution in [2.24, 2.45) is 5.41 Å². The number of thiophene rings is 1. The molecule has 0 amide bonds. The molecule has 0 radical (unpaired) electrons. The number of nitrogens with zero attached hydrogens (tertiary/aromatic N) is 2. The quantitative estimate of drug-likeness (QED) is 0.625. The smallest absolute Gasteiger partial charge is 0.196 e. The van der Waals surface area contributed by atoms with Crippen LogP contribution in [0.25, 0.3) is 10.2 Å². The van der Waals surface area contributed by atoms with E-state index in [0.29, 0.717) is 10.3 Å². The molecular weight excluding hydrogens is 392 g/mol. The molecule has 1 spiro atoms. The lowest BCUT2D eigenvalue weighted by Gasteiger charge is -2.54. The van der Waals surface area contributed by atoms with Gasteiger partial charge in [0, 0.05) is 40.9 Å². The van der Waals surface area contributed by atoms with E-state index < -0.39 is 0 Å². The second-order valence-corrected chi connectivity index (χ2v) is 10.7. The van der Waals surface area contributed by atoms with E-state index in [4.69, 9.17) is 0 Å². The zero-order valence-corrected chi connectivity index (χ0v) is 18.1. The molecule has 2 aromatic heterocycles. The molecule has 152 valence electrons. The van der Waals surface area contributed by atoms with Crippen molar-refractivity contribution < 1.29 is 4.79 Å². The summed E-state index contributed by atoms with van der Waals surface area (Å²) in [6.45, 7) is 8.86. The van der Waals surface area contributed by atoms with E-state index in [9.17, 15) is 10.1 Å². The van der Waals surface area contributed by atoms with Gasteiger partial charge in [0.05, 0.1) is 15.8 Å². The first-order valence-electron chi connectivity index (χ1n) is 10.6. The van der Waals surface area contributed by atoms with Crippen molar-refractivity contribution in [3.8, 4) is 6.07 Å². The molecular formula is C24H24N4OS. The molecule has 6 rings (SSSR count). The van der Waals surface area contributed by atoms with Crippen molar-refractivity contribution in [2.75, 3.05) is 31.1 Å². The van der Waals surface area contributed by atoms with E-state index in [1.165, 1.54) is 29.9 Å². The molecule has 3 aromatic rings. The first kappa shape index (κ1) is 18.2. The summed E-state index contributed by atoms with van der Waals surface area (Å²) in [5.74, 6) is 0.0712. The van der Waals surface area contributed by atoms with E-state index in [1.807, 2.05) is 12.1 Å². The molecule has 2 saturated heterocycles. The van der Waals surface area contributed by atoms with E-state index in [2.05, 4.69) is 47.3 Å². The molecule has 1 aliphatic carbocycles. The summed E-state index contributed by atoms with van der Waals surface area (Å²) in [6, 6.07) is 10.4. The highest BCUT2D eigenvalue weighted by Crippen LogP contribution is 2.48. The van der Waals surface area contributed by atoms with Crippen LogP contribution in [0.15, 0.2) is 24.3 Å². The number of ketones is 1. The van der Waals surface area contributed by atoms with Crippen molar-refractivity contribution >= 4 is 33.0 Å². The number of fused-ring (bicyclic) bond motifs is 4. The first-order valence-corrected chi connectivity index (χ1v) is 11.4. The fraction of sp³-hybridized carbons (Fsp3) is 0.417. The predicted molar refractivity (Wildman–Crippen MR) is 120 cm³/mol. The van der Waals surface area contributed by atoms with Crippen LogP contribution in [0.5, 0.6) is 0 Å². The van der Waals surface area contributed by atoms with Gasteiger partial charge in [-0.15, -0.1) is 11.3 Å². The molecule has 2 N–H and O–H groups in total. The summed E-state index contributed by atoms with van der Waals surface area (Å²) < 4.78 is 0.907. The molecule has 3 aliphatic rings. The maximum Gasteiger partial charge on any atom is 0.196 e. The Kier molecular flexibility index (Phi) is 3.61. The minimum atomic E-state index is -0.294. The lowest BCUT2D eigenvalue weighted by atomic mass is 9.70. The maximum atomic E-state index is 13.5. The highest BCUT2D eigenvalue weighted by Gasteiger charge is 2.45. The summed E-state index contributed by atoms with van der Waals surface area (Å²) in [7, 11) is 0. The van der Waals surface area contributed by atoms with Gasteiger partial charge in [0.25, 0.3) is 0 Å². The molecule has 6 heteroatoms. The van der Waals surface area contributed by atoms with E-state index in [-0.39, 0.29) is 11.2 Å². The molecule has 0 atom stereocenters. The van der Waals surface area contributed by atoms with Crippen LogP contribution in [-0.2, 0) is 5.41 Å². The number of H-pyrrole nitrogens is 1. The fourth-order valence-electron chi connectivity index (χ4n) is 5.65. The van der Waals surface area contributed by atoms with Crippen LogP contribution in [0, 0.1) is 16.7 Å². The van der Waals surface area contributed by atoms with Gasteiger partial charge in [-0.2, -0.15) is 5.26 Å². The van der Waals surface area contributed by atoms with Crippen molar-refractivity contribution in [1.82, 2.24) is 10.3 Å². The van der Waals surface area contributed by atoms with Gasteiger partial charge in [-0.1, -0.05) is 13.8 Å². The van der Waals surface area contributed by atoms with E-state index in [1.54, 1.807) is 0 Å². The topological polar surface area (TPSA) is 71.9 Å². The molecule has 4 heterocycles. The number of anilines is 1. The lowest BCUT2D eigenvalue weighted by molar-refractivity contribution is 0.103. The zero-order chi connectivity index (χ0) is 20.7. The second kappa shape index (κ2) is 5.96. The van der Waals surface area contributed by atoms with Gasteiger partial charge in [-0.25, -0.2) is 0 Å². The number of carbonyl (C=O) groups excluding carboxylic acids is 1. The fourth-order valence-corrected chi connectivity index (χ4v) is 6.61. The standard InChI is InChI=1S/C24H24N4OS/c1-23(2)17-9-14(28-12-24(13-28)5-7-26-8-6-24)3-4-16(17)20(29)19-21-18(27-22(19)23)10-15(11-25)30-21/h3-4,9-10,26-27H,5-8,12-13H2,1-2H3. The number of nitriles is 1. The molecule has 2 aliphatic heterocycles. The molecule has 0 saturated carbocycles. The zero-order valence-electron chi connectivity index (χ0n) is 17.3. The number of aromatic amines is 1. The summed E-state index contributed by atoms with van der Waals surface area (Å²) >= 11 is 1.40. The Morgan fingerprint density at radius 3 is 2.67 bits per heavy atom. The number of nitrogens with one attached hydrogen (secondary N) is 2. The Balaban J connectivity index is 1.40. The van der Waals surface area contributed by atoms with Gasteiger partial charge < -0.3 is 15.2 Å². The Morgan fingerprint density at radius 1 is 1.17 bits per heavy atom. The van der Waals surface area contributed by atoms with Crippen LogP contribution < -0.4 is 10.2 Å². The third-order valence-electron chi connectivity index (χ3n) is 7.43. The Morgan fingerprint density at radius 2 is 1.93 bits per heavy atom. The van der Waals surface area contributed by atoms with Gasteiger partial charge in [0.15, 0.2) is 5.78 Å². The van der Waals surface area contributed by atoms with Crippen LogP contribution in [0.3, 0.4) is 0 Å². The molecule has 1 aromatic carbocycles. The SMILES string of the molecule is CC1(C)c2cc(N3CC4(CCNCC4)C3)ccc2C(=O)c2c1[nH]c1cc(C#N)sc21. The minimum Gasteiger partial charge on any atom is -0.370 e. The van der Waals surface area contributed by atoms with Gasteiger partial charge in [0.2, 0.25) is 0 Å². The minimum absolute atomic E-state index is 0.0712. The van der Waals surface area contributed by atoms with Gasteiger partial charge in [0.1, 0.15) is 10.9 Å². The Bertz CT molecular complexity index is 1240. The number of hydrogen-bond donors (Lipinski definition) is 2. The van der Waals surface area contributed by atoms with Crippen molar-refractivity contribution in [3.05, 3.63) is 51.5 Å². The highest BCUT2D eigenvalue weighted by molar-refractivity contribution is 7.20. The van der Waals surface area contributed by atoms with Crippen molar-refractivity contribution in [1.29, 1.82) is 5.26 Å². The summed E-state index contributed by atoms with van der Waals surface area (Å²) in [6.07, 6.45) is 2.51. The van der Waals surface area contributed by atoms with Crippen LogP contribution >= 0.6 is 11.3 Å². The largest absolute Gasteiger partial charge is 0.370 e. The number of rotatable bonds is 1. The maximum absolute atomic E-state index is 13.5. The average Bonchev–Trinajstić information content (AvgIpc) is 3.29. The Hall–Kier alpha value is -2.62. The van der Waals surface area contributed by atoms with Crippen molar-refractivity contribution in [3.63, 3.8) is 0 Å². The number of carbonyl (C=O) groups is 1. The number of piperidine rings is 1. The van der Waals surface area contributed by atoms with Crippen LogP contribution in [-0.4, -0.2) is 36.9 Å². The van der Waals surface area contributed by atoms with Gasteiger partial charge in [-0.05, 0) is 55.8 Å². The van der Waals surface area contributed by atoms with Gasteiger partial charge in [-0.3, -0.25) is 4.79 Å². The van der Waals surface area contributed by atoms with E-state index >= 15 is 0 Å². The molecule has 5 nitrogen and oxygen atoms in total. The number of benzene rings is 1.